The van der Waals surface area contributed by atoms with Crippen molar-refractivity contribution in [3.63, 3.8) is 0 Å². The third kappa shape index (κ3) is 2.87. The van der Waals surface area contributed by atoms with Gasteiger partial charge in [0.15, 0.2) is 0 Å². The Kier molecular flexibility index (Phi) is 4.02. The molecule has 0 aliphatic carbocycles. The molecule has 4 rings (SSSR count). The van der Waals surface area contributed by atoms with Gasteiger partial charge in [-0.15, -0.1) is 0 Å². The smallest absolute Gasteiger partial charge is 0.248 e. The van der Waals surface area contributed by atoms with E-state index in [0.29, 0.717) is 17.9 Å². The molecule has 2 heterocycles. The Morgan fingerprint density at radius 2 is 2.00 bits per heavy atom. The average Bonchev–Trinajstić information content (AvgIpc) is 3.11. The van der Waals surface area contributed by atoms with E-state index >= 15 is 0 Å². The Labute approximate surface area is 150 Å². The number of amides is 1. The second kappa shape index (κ2) is 6.50. The molecule has 0 spiro atoms. The van der Waals surface area contributed by atoms with Gasteiger partial charge < -0.3 is 15.6 Å². The van der Waals surface area contributed by atoms with Crippen LogP contribution in [0.15, 0.2) is 71.9 Å². The molecule has 0 unspecified atom stereocenters. The Morgan fingerprint density at radius 1 is 1.19 bits per heavy atom. The molecule has 2 aliphatic heterocycles. The fourth-order valence-electron chi connectivity index (χ4n) is 2.94. The zero-order valence-electron chi connectivity index (χ0n) is 13.9. The summed E-state index contributed by atoms with van der Waals surface area (Å²) in [6.45, 7) is -0.0224. The largest absolute Gasteiger partial charge is 0.445 e. The molecule has 6 nitrogen and oxygen atoms in total. The van der Waals surface area contributed by atoms with Crippen LogP contribution in [0.25, 0.3) is 5.70 Å². The highest BCUT2D eigenvalue weighted by Crippen LogP contribution is 2.34. The van der Waals surface area contributed by atoms with Crippen molar-refractivity contribution >= 4 is 17.3 Å². The van der Waals surface area contributed by atoms with E-state index in [0.717, 1.165) is 28.1 Å². The molecule has 26 heavy (non-hydrogen) atoms. The average molecular weight is 347 g/mol. The summed E-state index contributed by atoms with van der Waals surface area (Å²) < 4.78 is 5.63. The highest BCUT2D eigenvalue weighted by Gasteiger charge is 2.27. The monoisotopic (exact) mass is 347 g/mol. The number of rotatable bonds is 4. The van der Waals surface area contributed by atoms with Crippen molar-refractivity contribution in [3.8, 4) is 0 Å². The lowest BCUT2D eigenvalue weighted by Crippen LogP contribution is -2.19. The maximum absolute atomic E-state index is 11.2. The number of hydrogen-bond donors (Lipinski definition) is 2. The second-order valence-corrected chi connectivity index (χ2v) is 6.03. The van der Waals surface area contributed by atoms with E-state index < -0.39 is 5.91 Å². The number of aliphatic hydroxyl groups excluding tert-OH is 1. The number of nitrogens with zero attached hydrogens (tertiary/aromatic N) is 2. The number of carbonyl (C=O) groups excluding carboxylic acids is 1. The molecule has 2 aromatic carbocycles. The number of benzene rings is 2. The maximum atomic E-state index is 11.2. The highest BCUT2D eigenvalue weighted by atomic mass is 16.5. The summed E-state index contributed by atoms with van der Waals surface area (Å²) in [5.41, 5.74) is 10.1. The molecule has 130 valence electrons. The molecule has 0 saturated heterocycles. The number of allylic oxidation sites excluding steroid dienone is 1. The van der Waals surface area contributed by atoms with Crippen LogP contribution in [-0.2, 0) is 11.3 Å². The minimum absolute atomic E-state index is 0.0224. The SMILES string of the molecule is NC(=O)c1ccc(C2=NN3C(=CC2)OC=C3c2cccc(CO)c2)cc1. The van der Waals surface area contributed by atoms with Crippen LogP contribution in [-0.4, -0.2) is 21.7 Å². The van der Waals surface area contributed by atoms with Crippen LogP contribution in [0.2, 0.25) is 0 Å². The quantitative estimate of drug-likeness (QED) is 0.890. The van der Waals surface area contributed by atoms with E-state index in [1.54, 1.807) is 23.4 Å². The maximum Gasteiger partial charge on any atom is 0.248 e. The topological polar surface area (TPSA) is 88.2 Å². The fourth-order valence-corrected chi connectivity index (χ4v) is 2.94. The van der Waals surface area contributed by atoms with Crippen LogP contribution in [0.1, 0.15) is 33.5 Å². The number of ether oxygens (including phenoxy) is 1. The number of hydrogen-bond acceptors (Lipinski definition) is 5. The van der Waals surface area contributed by atoms with E-state index in [9.17, 15) is 9.90 Å². The number of carbonyl (C=O) groups is 1. The van der Waals surface area contributed by atoms with Crippen LogP contribution < -0.4 is 5.73 Å². The Morgan fingerprint density at radius 3 is 2.73 bits per heavy atom. The van der Waals surface area contributed by atoms with Crippen molar-refractivity contribution in [1.82, 2.24) is 5.01 Å². The van der Waals surface area contributed by atoms with E-state index in [2.05, 4.69) is 0 Å². The molecule has 0 saturated carbocycles. The first-order valence-electron chi connectivity index (χ1n) is 8.21. The van der Waals surface area contributed by atoms with Gasteiger partial charge in [0.2, 0.25) is 11.8 Å². The zero-order valence-corrected chi connectivity index (χ0v) is 13.9. The van der Waals surface area contributed by atoms with Crippen LogP contribution >= 0.6 is 0 Å². The minimum Gasteiger partial charge on any atom is -0.445 e. The normalized spacial score (nSPS) is 15.6. The van der Waals surface area contributed by atoms with E-state index in [1.807, 2.05) is 42.5 Å². The lowest BCUT2D eigenvalue weighted by atomic mass is 10.0. The summed E-state index contributed by atoms with van der Waals surface area (Å²) in [6.07, 6.45) is 4.24. The molecule has 0 radical (unpaired) electrons. The summed E-state index contributed by atoms with van der Waals surface area (Å²) in [5, 5.41) is 15.8. The molecular weight excluding hydrogens is 330 g/mol. The van der Waals surface area contributed by atoms with E-state index in [1.165, 1.54) is 0 Å². The Balaban J connectivity index is 1.65. The fraction of sp³-hybridized carbons (Fsp3) is 0.100. The number of hydrazone groups is 1. The molecule has 0 fully saturated rings. The summed E-state index contributed by atoms with van der Waals surface area (Å²) in [4.78, 5) is 11.2. The summed E-state index contributed by atoms with van der Waals surface area (Å²) in [7, 11) is 0. The van der Waals surface area contributed by atoms with Gasteiger partial charge in [-0.25, -0.2) is 0 Å². The van der Waals surface area contributed by atoms with Crippen molar-refractivity contribution in [3.05, 3.63) is 89.0 Å². The molecule has 2 aromatic rings. The van der Waals surface area contributed by atoms with Gasteiger partial charge in [-0.3, -0.25) is 4.79 Å². The predicted molar refractivity (Wildman–Crippen MR) is 97.5 cm³/mol. The highest BCUT2D eigenvalue weighted by molar-refractivity contribution is 6.03. The van der Waals surface area contributed by atoms with Crippen LogP contribution in [0, 0.1) is 0 Å². The Bertz CT molecular complexity index is 959. The third-order valence-electron chi connectivity index (χ3n) is 4.33. The van der Waals surface area contributed by atoms with Gasteiger partial charge in [0.1, 0.15) is 12.0 Å². The van der Waals surface area contributed by atoms with Crippen molar-refractivity contribution in [2.75, 3.05) is 0 Å². The van der Waals surface area contributed by atoms with Gasteiger partial charge in [0.25, 0.3) is 0 Å². The molecule has 0 aromatic heterocycles. The first-order chi connectivity index (χ1) is 12.7. The molecule has 0 bridgehead atoms. The minimum atomic E-state index is -0.453. The molecule has 2 aliphatic rings. The standard InChI is InChI=1S/C20H17N3O3/c21-20(25)15-6-4-14(5-7-15)17-8-9-19-23(22-17)18(12-26-19)16-3-1-2-13(10-16)11-24/h1-7,9-10,12,24H,8,11H2,(H2,21,25). The number of fused-ring (bicyclic) bond motifs is 1. The lowest BCUT2D eigenvalue weighted by molar-refractivity contribution is 0.100. The van der Waals surface area contributed by atoms with E-state index in [4.69, 9.17) is 15.6 Å². The molecule has 3 N–H and O–H groups in total. The number of primary amides is 1. The lowest BCUT2D eigenvalue weighted by Gasteiger charge is -2.22. The number of aliphatic hydroxyl groups is 1. The van der Waals surface area contributed by atoms with Crippen LogP contribution in [0.4, 0.5) is 0 Å². The van der Waals surface area contributed by atoms with Gasteiger partial charge in [-0.1, -0.05) is 30.3 Å². The first-order valence-corrected chi connectivity index (χ1v) is 8.21. The van der Waals surface area contributed by atoms with E-state index in [-0.39, 0.29) is 6.61 Å². The predicted octanol–water partition coefficient (Wildman–Crippen LogP) is 2.56. The van der Waals surface area contributed by atoms with Gasteiger partial charge in [-0.2, -0.15) is 10.1 Å². The summed E-state index contributed by atoms with van der Waals surface area (Å²) >= 11 is 0. The van der Waals surface area contributed by atoms with Crippen molar-refractivity contribution in [2.24, 2.45) is 10.8 Å². The summed E-state index contributed by atoms with van der Waals surface area (Å²) in [5.74, 6) is 0.207. The third-order valence-corrected chi connectivity index (χ3v) is 4.33. The van der Waals surface area contributed by atoms with Crippen molar-refractivity contribution in [1.29, 1.82) is 0 Å². The van der Waals surface area contributed by atoms with Gasteiger partial charge >= 0.3 is 0 Å². The zero-order chi connectivity index (χ0) is 18.1. The van der Waals surface area contributed by atoms with Gasteiger partial charge in [-0.05, 0) is 35.4 Å². The second-order valence-electron chi connectivity index (χ2n) is 6.03. The van der Waals surface area contributed by atoms with Crippen LogP contribution in [0.3, 0.4) is 0 Å². The summed E-state index contributed by atoms with van der Waals surface area (Å²) in [6, 6.07) is 14.7. The Hall–Kier alpha value is -3.38. The van der Waals surface area contributed by atoms with Gasteiger partial charge in [0, 0.05) is 17.5 Å². The molecule has 0 atom stereocenters. The molecule has 1 amide bonds. The number of nitrogens with two attached hydrogens (primary N) is 1. The van der Waals surface area contributed by atoms with Crippen molar-refractivity contribution < 1.29 is 14.6 Å². The van der Waals surface area contributed by atoms with Crippen molar-refractivity contribution in [2.45, 2.75) is 13.0 Å². The molecule has 6 heteroatoms. The van der Waals surface area contributed by atoms with Gasteiger partial charge in [0.05, 0.1) is 12.3 Å². The molecular formula is C20H17N3O3. The first kappa shape index (κ1) is 16.1. The van der Waals surface area contributed by atoms with Crippen LogP contribution in [0.5, 0.6) is 0 Å².